The molecule has 12 heteroatoms. The molecule has 2 aliphatic rings. The first-order chi connectivity index (χ1) is 20.7. The quantitative estimate of drug-likeness (QED) is 0.234. The number of carbonyl (C=O) groups is 1. The predicted octanol–water partition coefficient (Wildman–Crippen LogP) is 5.39. The number of carbonyl (C=O) groups excluding carboxylic acids is 1. The molecule has 222 valence electrons. The van der Waals surface area contributed by atoms with Gasteiger partial charge in [0.1, 0.15) is 5.75 Å². The third-order valence-corrected chi connectivity index (χ3v) is 7.58. The Balaban J connectivity index is 1.05. The van der Waals surface area contributed by atoms with Crippen LogP contribution in [0.15, 0.2) is 60.4 Å². The van der Waals surface area contributed by atoms with E-state index in [0.717, 1.165) is 65.0 Å². The number of pyridine rings is 1. The summed E-state index contributed by atoms with van der Waals surface area (Å²) in [5.41, 5.74) is 8.04. The van der Waals surface area contributed by atoms with Gasteiger partial charge in [0.2, 0.25) is 0 Å². The Hall–Kier alpha value is -4.61. The number of rotatable bonds is 11. The lowest BCUT2D eigenvalue weighted by molar-refractivity contribution is -0.274. The molecule has 0 atom stereocenters. The molecule has 4 aromatic rings. The third kappa shape index (κ3) is 7.07. The van der Waals surface area contributed by atoms with Crippen molar-refractivity contribution in [3.8, 4) is 5.75 Å². The Bertz CT molecular complexity index is 1640. The summed E-state index contributed by atoms with van der Waals surface area (Å²) in [6.45, 7) is 2.87. The number of hydrogen-bond acceptors (Lipinski definition) is 7. The Kier molecular flexibility index (Phi) is 7.92. The number of nitrogens with one attached hydrogen (secondary N) is 1. The molecule has 0 bridgehead atoms. The monoisotopic (exact) mass is 589 g/mol. The van der Waals surface area contributed by atoms with Gasteiger partial charge in [-0.15, -0.1) is 18.3 Å². The third-order valence-electron chi connectivity index (χ3n) is 7.58. The van der Waals surface area contributed by atoms with Crippen molar-refractivity contribution in [1.82, 2.24) is 35.5 Å². The number of nitrogens with zero attached hydrogens (tertiary/aromatic N) is 6. The lowest BCUT2D eigenvalue weighted by Crippen LogP contribution is -2.23. The van der Waals surface area contributed by atoms with Crippen LogP contribution < -0.4 is 10.1 Å². The summed E-state index contributed by atoms with van der Waals surface area (Å²) < 4.78 is 43.6. The molecule has 1 amide bonds. The lowest BCUT2D eigenvalue weighted by atomic mass is 9.96. The van der Waals surface area contributed by atoms with Gasteiger partial charge >= 0.3 is 6.36 Å². The van der Waals surface area contributed by atoms with Crippen molar-refractivity contribution in [2.24, 2.45) is 5.92 Å². The van der Waals surface area contributed by atoms with Crippen LogP contribution >= 0.6 is 0 Å². The first-order valence-corrected chi connectivity index (χ1v) is 14.3. The van der Waals surface area contributed by atoms with Crippen molar-refractivity contribution in [3.63, 3.8) is 0 Å². The number of fused-ring (bicyclic) bond motifs is 1. The largest absolute Gasteiger partial charge is 0.573 e. The minimum absolute atomic E-state index is 0.239. The van der Waals surface area contributed by atoms with E-state index in [1.807, 2.05) is 19.1 Å². The van der Waals surface area contributed by atoms with Gasteiger partial charge in [0, 0.05) is 37.0 Å². The van der Waals surface area contributed by atoms with Crippen LogP contribution in [0.5, 0.6) is 5.75 Å². The van der Waals surface area contributed by atoms with Gasteiger partial charge in [-0.1, -0.05) is 29.0 Å². The molecule has 2 aliphatic carbocycles. The van der Waals surface area contributed by atoms with Gasteiger partial charge in [0.25, 0.3) is 5.91 Å². The summed E-state index contributed by atoms with van der Waals surface area (Å²) in [6, 6.07) is 12.0. The van der Waals surface area contributed by atoms with Crippen LogP contribution in [0.2, 0.25) is 0 Å². The van der Waals surface area contributed by atoms with Crippen LogP contribution in [-0.2, 0) is 25.9 Å². The summed E-state index contributed by atoms with van der Waals surface area (Å²) in [5.74, 6) is -0.0540. The highest BCUT2D eigenvalue weighted by molar-refractivity contribution is 5.91. The number of aromatic nitrogens is 6. The number of benzene rings is 1. The molecule has 0 radical (unpaired) electrons. The van der Waals surface area contributed by atoms with Crippen molar-refractivity contribution < 1.29 is 22.7 Å². The van der Waals surface area contributed by atoms with Crippen molar-refractivity contribution in [2.75, 3.05) is 0 Å². The van der Waals surface area contributed by atoms with Crippen LogP contribution in [0.4, 0.5) is 13.2 Å². The van der Waals surface area contributed by atoms with Crippen LogP contribution in [0, 0.1) is 12.8 Å². The second kappa shape index (κ2) is 11.9. The average Bonchev–Trinajstić information content (AvgIpc) is 3.60. The first-order valence-electron chi connectivity index (χ1n) is 14.3. The van der Waals surface area contributed by atoms with Gasteiger partial charge in [-0.05, 0) is 85.9 Å². The summed E-state index contributed by atoms with van der Waals surface area (Å²) >= 11 is 0. The second-order valence-electron chi connectivity index (χ2n) is 10.9. The molecule has 3 heterocycles. The van der Waals surface area contributed by atoms with Crippen LogP contribution in [0.25, 0.3) is 5.57 Å². The predicted molar refractivity (Wildman–Crippen MR) is 151 cm³/mol. The second-order valence-corrected chi connectivity index (χ2v) is 10.9. The highest BCUT2D eigenvalue weighted by Gasteiger charge is 2.35. The van der Waals surface area contributed by atoms with Crippen LogP contribution in [0.3, 0.4) is 0 Å². The van der Waals surface area contributed by atoms with Gasteiger partial charge in [-0.3, -0.25) is 14.5 Å². The summed E-state index contributed by atoms with van der Waals surface area (Å²) in [4.78, 5) is 16.7. The lowest BCUT2D eigenvalue weighted by Gasteiger charge is -2.12. The molecular formula is C31H30F3N7O2. The molecule has 0 saturated heterocycles. The Labute approximate surface area is 246 Å². The van der Waals surface area contributed by atoms with Crippen LogP contribution in [0.1, 0.15) is 69.9 Å². The topological polar surface area (TPSA) is 108 Å². The zero-order valence-corrected chi connectivity index (χ0v) is 23.6. The molecule has 1 N–H and O–H groups in total. The fraction of sp³-hybridized carbons (Fsp3) is 0.355. The highest BCUT2D eigenvalue weighted by Crippen LogP contribution is 2.48. The Morgan fingerprint density at radius 3 is 2.60 bits per heavy atom. The first kappa shape index (κ1) is 28.5. The molecule has 0 spiro atoms. The van der Waals surface area contributed by atoms with Gasteiger partial charge in [0.15, 0.2) is 5.69 Å². The van der Waals surface area contributed by atoms with E-state index in [1.165, 1.54) is 17.7 Å². The number of ether oxygens (including phenoxy) is 1. The SMILES string of the molecule is Cc1ccc(CNC(=O)c2cn(CCCCc3cc4c(nn3)CC(C3CC3)=C4c3ccc(OC(F)(F)F)cc3)nn2)cn1. The molecule has 0 unspecified atom stereocenters. The molecule has 3 aromatic heterocycles. The van der Waals surface area contributed by atoms with E-state index in [2.05, 4.69) is 41.6 Å². The van der Waals surface area contributed by atoms with E-state index in [4.69, 9.17) is 0 Å². The normalized spacial score (nSPS) is 14.6. The molecular weight excluding hydrogens is 559 g/mol. The number of aryl methyl sites for hydroxylation is 3. The smallest absolute Gasteiger partial charge is 0.406 e. The van der Waals surface area contributed by atoms with E-state index < -0.39 is 6.36 Å². The fourth-order valence-corrected chi connectivity index (χ4v) is 5.28. The summed E-state index contributed by atoms with van der Waals surface area (Å²) in [6.07, 6.45) is 3.91. The number of hydrogen-bond donors (Lipinski definition) is 1. The minimum Gasteiger partial charge on any atom is -0.406 e. The number of allylic oxidation sites excluding steroid dienone is 1. The van der Waals surface area contributed by atoms with Gasteiger partial charge in [-0.2, -0.15) is 10.2 Å². The zero-order valence-electron chi connectivity index (χ0n) is 23.6. The zero-order chi connectivity index (χ0) is 30.0. The Morgan fingerprint density at radius 1 is 1.07 bits per heavy atom. The van der Waals surface area contributed by atoms with Gasteiger partial charge < -0.3 is 10.1 Å². The summed E-state index contributed by atoms with van der Waals surface area (Å²) in [5, 5.41) is 19.9. The molecule has 43 heavy (non-hydrogen) atoms. The van der Waals surface area contributed by atoms with E-state index in [-0.39, 0.29) is 17.4 Å². The molecule has 1 aromatic carbocycles. The van der Waals surface area contributed by atoms with E-state index in [0.29, 0.717) is 31.8 Å². The van der Waals surface area contributed by atoms with Gasteiger partial charge in [-0.25, -0.2) is 0 Å². The summed E-state index contributed by atoms with van der Waals surface area (Å²) in [7, 11) is 0. The van der Waals surface area contributed by atoms with Crippen molar-refractivity contribution >= 4 is 11.5 Å². The van der Waals surface area contributed by atoms with E-state index in [9.17, 15) is 18.0 Å². The maximum Gasteiger partial charge on any atom is 0.573 e. The van der Waals surface area contributed by atoms with Crippen molar-refractivity contribution in [1.29, 1.82) is 0 Å². The number of amides is 1. The Morgan fingerprint density at radius 2 is 1.88 bits per heavy atom. The van der Waals surface area contributed by atoms with Crippen molar-refractivity contribution in [2.45, 2.75) is 64.9 Å². The molecule has 6 rings (SSSR count). The fourth-order valence-electron chi connectivity index (χ4n) is 5.28. The maximum absolute atomic E-state index is 12.6. The number of alkyl halides is 3. The molecule has 9 nitrogen and oxygen atoms in total. The highest BCUT2D eigenvalue weighted by atomic mass is 19.4. The van der Waals surface area contributed by atoms with E-state index in [1.54, 1.807) is 29.2 Å². The number of unbranched alkanes of at least 4 members (excludes halogenated alkanes) is 1. The average molecular weight is 590 g/mol. The molecule has 1 saturated carbocycles. The molecule has 0 aliphatic heterocycles. The van der Waals surface area contributed by atoms with E-state index >= 15 is 0 Å². The van der Waals surface area contributed by atoms with Crippen molar-refractivity contribution in [3.05, 3.63) is 99.9 Å². The van der Waals surface area contributed by atoms with Crippen LogP contribution in [-0.4, -0.2) is 42.4 Å². The maximum atomic E-state index is 12.6. The minimum atomic E-state index is -4.73. The molecule has 1 fully saturated rings. The number of halogens is 3. The standard InChI is InChI=1S/C31H30F3N7O2/c1-19-5-6-20(16-35-19)17-36-30(42)28-18-41(40-39-28)13-3-2-4-23-14-26-27(38-37-23)15-25(21-7-8-21)29(26)22-9-11-24(12-10-22)43-31(32,33)34/h5-6,9-12,14,16,18,21H,2-4,7-8,13,15,17H2,1H3,(H,36,42). The van der Waals surface area contributed by atoms with Gasteiger partial charge in [0.05, 0.1) is 17.6 Å².